The third kappa shape index (κ3) is 4.36. The molecule has 138 valence electrons. The van der Waals surface area contributed by atoms with Crippen molar-refractivity contribution < 1.29 is 9.18 Å². The van der Waals surface area contributed by atoms with Crippen LogP contribution in [0.3, 0.4) is 0 Å². The number of halogens is 1. The van der Waals surface area contributed by atoms with Crippen LogP contribution in [0.15, 0.2) is 36.4 Å². The molecular formula is C20H25FN4O. The van der Waals surface area contributed by atoms with Crippen LogP contribution in [0.25, 0.3) is 11.3 Å². The lowest BCUT2D eigenvalue weighted by Crippen LogP contribution is -2.43. The van der Waals surface area contributed by atoms with E-state index < -0.39 is 0 Å². The van der Waals surface area contributed by atoms with Crippen LogP contribution in [0.2, 0.25) is 0 Å². The van der Waals surface area contributed by atoms with Crippen molar-refractivity contribution in [3.63, 3.8) is 0 Å². The normalized spacial score (nSPS) is 16.3. The minimum atomic E-state index is -0.265. The van der Waals surface area contributed by atoms with Crippen molar-refractivity contribution in [1.29, 1.82) is 0 Å². The number of nitrogens with one attached hydrogen (secondary N) is 1. The summed E-state index contributed by atoms with van der Waals surface area (Å²) in [6, 6.07) is 10.3. The van der Waals surface area contributed by atoms with Crippen LogP contribution in [-0.2, 0) is 4.79 Å². The van der Waals surface area contributed by atoms with Gasteiger partial charge in [0.1, 0.15) is 5.82 Å². The van der Waals surface area contributed by atoms with E-state index in [-0.39, 0.29) is 23.7 Å². The number of amides is 1. The van der Waals surface area contributed by atoms with Gasteiger partial charge < -0.3 is 10.2 Å². The second-order valence-electron chi connectivity index (χ2n) is 6.86. The van der Waals surface area contributed by atoms with E-state index in [4.69, 9.17) is 0 Å². The largest absolute Gasteiger partial charge is 0.355 e. The lowest BCUT2D eigenvalue weighted by Gasteiger charge is -2.32. The van der Waals surface area contributed by atoms with E-state index in [0.717, 1.165) is 49.4 Å². The van der Waals surface area contributed by atoms with Gasteiger partial charge in [0.05, 0.1) is 5.69 Å². The summed E-state index contributed by atoms with van der Waals surface area (Å²) in [5, 5.41) is 11.7. The second kappa shape index (κ2) is 8.25. The number of rotatable bonds is 5. The van der Waals surface area contributed by atoms with Crippen LogP contribution < -0.4 is 10.2 Å². The van der Waals surface area contributed by atoms with Gasteiger partial charge in [-0.15, -0.1) is 10.2 Å². The molecule has 0 saturated carbocycles. The Morgan fingerprint density at radius 3 is 2.46 bits per heavy atom. The smallest absolute Gasteiger partial charge is 0.223 e. The molecule has 1 amide bonds. The monoisotopic (exact) mass is 356 g/mol. The van der Waals surface area contributed by atoms with Crippen LogP contribution in [-0.4, -0.2) is 35.2 Å². The standard InChI is InChI=1S/C20H25FN4O/c1-3-14(2)22-20(26)16-10-12-25(13-11-16)19-9-8-18(23-24-19)15-4-6-17(21)7-5-15/h4-9,14,16H,3,10-13H2,1-2H3,(H,22,26). The molecule has 26 heavy (non-hydrogen) atoms. The summed E-state index contributed by atoms with van der Waals surface area (Å²) in [6.07, 6.45) is 2.59. The summed E-state index contributed by atoms with van der Waals surface area (Å²) in [5.41, 5.74) is 1.56. The molecule has 1 unspecified atom stereocenters. The van der Waals surface area contributed by atoms with Crippen LogP contribution in [0.4, 0.5) is 10.2 Å². The molecule has 1 saturated heterocycles. The maximum absolute atomic E-state index is 13.0. The Hall–Kier alpha value is -2.50. The van der Waals surface area contributed by atoms with Gasteiger partial charge in [-0.05, 0) is 62.6 Å². The average Bonchev–Trinajstić information content (AvgIpc) is 2.68. The number of carbonyl (C=O) groups is 1. The molecule has 2 aromatic rings. The van der Waals surface area contributed by atoms with Crippen molar-refractivity contribution in [2.45, 2.75) is 39.2 Å². The minimum Gasteiger partial charge on any atom is -0.355 e. The summed E-state index contributed by atoms with van der Waals surface area (Å²) in [4.78, 5) is 14.4. The van der Waals surface area contributed by atoms with Crippen molar-refractivity contribution in [1.82, 2.24) is 15.5 Å². The van der Waals surface area contributed by atoms with Crippen molar-refractivity contribution >= 4 is 11.7 Å². The highest BCUT2D eigenvalue weighted by atomic mass is 19.1. The fourth-order valence-electron chi connectivity index (χ4n) is 3.10. The van der Waals surface area contributed by atoms with Gasteiger partial charge in [-0.2, -0.15) is 0 Å². The molecule has 0 spiro atoms. The molecule has 1 aliphatic rings. The Bertz CT molecular complexity index is 724. The third-order valence-electron chi connectivity index (χ3n) is 4.98. The Morgan fingerprint density at radius 1 is 1.19 bits per heavy atom. The van der Waals surface area contributed by atoms with Crippen molar-refractivity contribution in [3.8, 4) is 11.3 Å². The molecule has 1 aromatic heterocycles. The molecule has 1 fully saturated rings. The number of carbonyl (C=O) groups excluding carboxylic acids is 1. The molecule has 0 bridgehead atoms. The molecule has 1 N–H and O–H groups in total. The molecule has 1 atom stereocenters. The first-order valence-electron chi connectivity index (χ1n) is 9.21. The lowest BCUT2D eigenvalue weighted by molar-refractivity contribution is -0.126. The van der Waals surface area contributed by atoms with Gasteiger partial charge >= 0.3 is 0 Å². The number of nitrogens with zero attached hydrogens (tertiary/aromatic N) is 3. The predicted octanol–water partition coefficient (Wildman–Crippen LogP) is 3.41. The molecule has 6 heteroatoms. The van der Waals surface area contributed by atoms with Gasteiger partial charge in [-0.25, -0.2) is 4.39 Å². The maximum Gasteiger partial charge on any atom is 0.223 e. The first-order valence-corrected chi connectivity index (χ1v) is 9.21. The van der Waals surface area contributed by atoms with Crippen LogP contribution in [0, 0.1) is 11.7 Å². The van der Waals surface area contributed by atoms with Crippen molar-refractivity contribution in [2.75, 3.05) is 18.0 Å². The third-order valence-corrected chi connectivity index (χ3v) is 4.98. The van der Waals surface area contributed by atoms with E-state index in [0.29, 0.717) is 0 Å². The van der Waals surface area contributed by atoms with Crippen molar-refractivity contribution in [2.24, 2.45) is 5.92 Å². The van der Waals surface area contributed by atoms with Crippen molar-refractivity contribution in [3.05, 3.63) is 42.2 Å². The summed E-state index contributed by atoms with van der Waals surface area (Å²) in [5.74, 6) is 0.790. The number of benzene rings is 1. The molecule has 5 nitrogen and oxygen atoms in total. The van der Waals surface area contributed by atoms with Crippen LogP contribution in [0.5, 0.6) is 0 Å². The fourth-order valence-corrected chi connectivity index (χ4v) is 3.10. The summed E-state index contributed by atoms with van der Waals surface area (Å²) in [6.45, 7) is 5.69. The number of aromatic nitrogens is 2. The molecule has 1 aliphatic heterocycles. The van der Waals surface area contributed by atoms with E-state index in [1.807, 2.05) is 19.1 Å². The first-order chi connectivity index (χ1) is 12.6. The molecular weight excluding hydrogens is 331 g/mol. The van der Waals surface area contributed by atoms with E-state index >= 15 is 0 Å². The van der Waals surface area contributed by atoms with E-state index in [2.05, 4.69) is 27.3 Å². The zero-order valence-electron chi connectivity index (χ0n) is 15.3. The van der Waals surface area contributed by atoms with Gasteiger partial charge in [-0.3, -0.25) is 4.79 Å². The van der Waals surface area contributed by atoms with E-state index in [9.17, 15) is 9.18 Å². The summed E-state index contributed by atoms with van der Waals surface area (Å²) >= 11 is 0. The fraction of sp³-hybridized carbons (Fsp3) is 0.450. The highest BCUT2D eigenvalue weighted by Crippen LogP contribution is 2.23. The summed E-state index contributed by atoms with van der Waals surface area (Å²) in [7, 11) is 0. The quantitative estimate of drug-likeness (QED) is 0.892. The van der Waals surface area contributed by atoms with Gasteiger partial charge in [0, 0.05) is 30.6 Å². The number of anilines is 1. The maximum atomic E-state index is 13.0. The van der Waals surface area contributed by atoms with E-state index in [1.165, 1.54) is 12.1 Å². The van der Waals surface area contributed by atoms with Crippen LogP contribution >= 0.6 is 0 Å². The second-order valence-corrected chi connectivity index (χ2v) is 6.86. The zero-order valence-corrected chi connectivity index (χ0v) is 15.3. The van der Waals surface area contributed by atoms with Gasteiger partial charge in [-0.1, -0.05) is 6.92 Å². The Morgan fingerprint density at radius 2 is 1.88 bits per heavy atom. The predicted molar refractivity (Wildman–Crippen MR) is 100 cm³/mol. The minimum absolute atomic E-state index is 0.0756. The van der Waals surface area contributed by atoms with Gasteiger partial charge in [0.2, 0.25) is 5.91 Å². The Labute approximate surface area is 153 Å². The number of hydrogen-bond acceptors (Lipinski definition) is 4. The molecule has 1 aromatic carbocycles. The SMILES string of the molecule is CCC(C)NC(=O)C1CCN(c2ccc(-c3ccc(F)cc3)nn2)CC1. The number of piperidine rings is 1. The molecule has 0 aliphatic carbocycles. The topological polar surface area (TPSA) is 58.1 Å². The zero-order chi connectivity index (χ0) is 18.5. The van der Waals surface area contributed by atoms with Gasteiger partial charge in [0.15, 0.2) is 5.82 Å². The average molecular weight is 356 g/mol. The lowest BCUT2D eigenvalue weighted by atomic mass is 9.95. The van der Waals surface area contributed by atoms with E-state index in [1.54, 1.807) is 12.1 Å². The highest BCUT2D eigenvalue weighted by molar-refractivity contribution is 5.79. The van der Waals surface area contributed by atoms with Gasteiger partial charge in [0.25, 0.3) is 0 Å². The molecule has 2 heterocycles. The Balaban J connectivity index is 1.58. The Kier molecular flexibility index (Phi) is 5.81. The number of hydrogen-bond donors (Lipinski definition) is 1. The highest BCUT2D eigenvalue weighted by Gasteiger charge is 2.26. The first kappa shape index (κ1) is 18.3. The van der Waals surface area contributed by atoms with Crippen LogP contribution in [0.1, 0.15) is 33.1 Å². The molecule has 3 rings (SSSR count). The summed E-state index contributed by atoms with van der Waals surface area (Å²) < 4.78 is 13.0. The molecule has 0 radical (unpaired) electrons.